The van der Waals surface area contributed by atoms with Crippen LogP contribution in [0, 0.1) is 5.92 Å². The predicted octanol–water partition coefficient (Wildman–Crippen LogP) is 1.82. The maximum Gasteiger partial charge on any atom is 0.326 e. The van der Waals surface area contributed by atoms with E-state index in [0.29, 0.717) is 5.25 Å². The van der Waals surface area contributed by atoms with Gasteiger partial charge in [0, 0.05) is 11.3 Å². The molecule has 0 radical (unpaired) electrons. The van der Waals surface area contributed by atoms with E-state index in [0.717, 1.165) is 37.9 Å². The minimum Gasteiger partial charge on any atom is -0.480 e. The molecule has 0 spiro atoms. The summed E-state index contributed by atoms with van der Waals surface area (Å²) in [6, 6.07) is -0.870. The summed E-state index contributed by atoms with van der Waals surface area (Å²) in [5.41, 5.74) is 0. The molecule has 2 aliphatic rings. The molecule has 2 saturated carbocycles. The van der Waals surface area contributed by atoms with Crippen LogP contribution in [0.25, 0.3) is 0 Å². The molecular formula is C13H22N2O3S. The van der Waals surface area contributed by atoms with Crippen molar-refractivity contribution in [2.24, 2.45) is 5.92 Å². The van der Waals surface area contributed by atoms with E-state index in [1.807, 2.05) is 11.8 Å². The van der Waals surface area contributed by atoms with Crippen molar-refractivity contribution < 1.29 is 14.7 Å². The van der Waals surface area contributed by atoms with Gasteiger partial charge in [0.15, 0.2) is 0 Å². The Morgan fingerprint density at radius 2 is 2.05 bits per heavy atom. The number of carboxylic acid groups (broad SMARTS) is 1. The van der Waals surface area contributed by atoms with Gasteiger partial charge < -0.3 is 15.7 Å². The molecule has 0 bridgehead atoms. The topological polar surface area (TPSA) is 78.4 Å². The highest BCUT2D eigenvalue weighted by Crippen LogP contribution is 2.33. The van der Waals surface area contributed by atoms with Gasteiger partial charge in [0.1, 0.15) is 6.04 Å². The summed E-state index contributed by atoms with van der Waals surface area (Å²) in [6.45, 7) is 2.12. The van der Waals surface area contributed by atoms with E-state index in [2.05, 4.69) is 17.6 Å². The van der Waals surface area contributed by atoms with Crippen LogP contribution >= 0.6 is 11.8 Å². The quantitative estimate of drug-likeness (QED) is 0.696. The molecule has 19 heavy (non-hydrogen) atoms. The second-order valence-electron chi connectivity index (χ2n) is 5.30. The molecule has 6 heteroatoms. The number of urea groups is 1. The predicted molar refractivity (Wildman–Crippen MR) is 75.4 cm³/mol. The molecule has 2 fully saturated rings. The van der Waals surface area contributed by atoms with Crippen LogP contribution < -0.4 is 10.6 Å². The third-order valence-electron chi connectivity index (χ3n) is 3.80. The number of hydrogen-bond acceptors (Lipinski definition) is 3. The van der Waals surface area contributed by atoms with E-state index in [1.165, 1.54) is 0 Å². The number of amides is 2. The van der Waals surface area contributed by atoms with Crippen LogP contribution in [-0.2, 0) is 4.79 Å². The van der Waals surface area contributed by atoms with Crippen molar-refractivity contribution in [1.29, 1.82) is 0 Å². The summed E-state index contributed by atoms with van der Waals surface area (Å²) in [5, 5.41) is 15.1. The van der Waals surface area contributed by atoms with Crippen LogP contribution in [0.15, 0.2) is 0 Å². The van der Waals surface area contributed by atoms with E-state index in [1.54, 1.807) is 0 Å². The Morgan fingerprint density at radius 3 is 2.63 bits per heavy atom. The van der Waals surface area contributed by atoms with Crippen molar-refractivity contribution in [3.8, 4) is 0 Å². The van der Waals surface area contributed by atoms with E-state index in [4.69, 9.17) is 5.11 Å². The van der Waals surface area contributed by atoms with Gasteiger partial charge in [-0.25, -0.2) is 9.59 Å². The highest BCUT2D eigenvalue weighted by Gasteiger charge is 2.38. The third kappa shape index (κ3) is 4.03. The molecule has 3 N–H and O–H groups in total. The minimum atomic E-state index is -0.927. The SMILES string of the molecule is CCSC1CCCC1NC(=O)NC(C(=O)O)C1CC1. The van der Waals surface area contributed by atoms with E-state index >= 15 is 0 Å². The first-order valence-corrected chi connectivity index (χ1v) is 8.08. The summed E-state index contributed by atoms with van der Waals surface area (Å²) in [5.74, 6) is 0.237. The fourth-order valence-electron chi connectivity index (χ4n) is 2.67. The Kier molecular flexibility index (Phi) is 4.96. The zero-order chi connectivity index (χ0) is 13.8. The maximum absolute atomic E-state index is 11.9. The highest BCUT2D eigenvalue weighted by molar-refractivity contribution is 7.99. The maximum atomic E-state index is 11.9. The van der Waals surface area contributed by atoms with Crippen molar-refractivity contribution >= 4 is 23.8 Å². The Hall–Kier alpha value is -0.910. The lowest BCUT2D eigenvalue weighted by atomic mass is 10.2. The summed E-state index contributed by atoms with van der Waals surface area (Å²) in [7, 11) is 0. The van der Waals surface area contributed by atoms with E-state index in [-0.39, 0.29) is 18.0 Å². The monoisotopic (exact) mass is 286 g/mol. The van der Waals surface area contributed by atoms with Gasteiger partial charge in [0.05, 0.1) is 0 Å². The zero-order valence-electron chi connectivity index (χ0n) is 11.2. The molecule has 0 aliphatic heterocycles. The molecule has 3 atom stereocenters. The molecule has 0 aromatic carbocycles. The lowest BCUT2D eigenvalue weighted by Gasteiger charge is -2.22. The Balaban J connectivity index is 1.81. The molecule has 108 valence electrons. The second kappa shape index (κ2) is 6.50. The molecule has 2 aliphatic carbocycles. The summed E-state index contributed by atoms with van der Waals surface area (Å²) in [4.78, 5) is 23.0. The van der Waals surface area contributed by atoms with Gasteiger partial charge in [0.25, 0.3) is 0 Å². The van der Waals surface area contributed by atoms with Crippen molar-refractivity contribution in [3.05, 3.63) is 0 Å². The van der Waals surface area contributed by atoms with E-state index < -0.39 is 12.0 Å². The number of hydrogen-bond donors (Lipinski definition) is 3. The van der Waals surface area contributed by atoms with Crippen LogP contribution in [0.1, 0.15) is 39.0 Å². The highest BCUT2D eigenvalue weighted by atomic mass is 32.2. The first-order chi connectivity index (χ1) is 9.11. The summed E-state index contributed by atoms with van der Waals surface area (Å²) < 4.78 is 0. The third-order valence-corrected chi connectivity index (χ3v) is 5.12. The normalized spacial score (nSPS) is 27.8. The number of carbonyl (C=O) groups is 2. The van der Waals surface area contributed by atoms with Gasteiger partial charge in [-0.15, -0.1) is 0 Å². The van der Waals surface area contributed by atoms with Gasteiger partial charge in [0.2, 0.25) is 0 Å². The van der Waals surface area contributed by atoms with Crippen LogP contribution in [-0.4, -0.2) is 40.2 Å². The molecule has 0 aromatic heterocycles. The van der Waals surface area contributed by atoms with Crippen LogP contribution in [0.5, 0.6) is 0 Å². The van der Waals surface area contributed by atoms with Gasteiger partial charge >= 0.3 is 12.0 Å². The van der Waals surface area contributed by atoms with Crippen molar-refractivity contribution in [1.82, 2.24) is 10.6 Å². The average molecular weight is 286 g/mol. The molecule has 2 rings (SSSR count). The van der Waals surface area contributed by atoms with Crippen LogP contribution in [0.4, 0.5) is 4.79 Å². The van der Waals surface area contributed by atoms with Crippen LogP contribution in [0.3, 0.4) is 0 Å². The number of carboxylic acids is 1. The lowest BCUT2D eigenvalue weighted by molar-refractivity contribution is -0.139. The fourth-order valence-corrected chi connectivity index (χ4v) is 3.86. The molecule has 2 amide bonds. The molecule has 0 heterocycles. The smallest absolute Gasteiger partial charge is 0.326 e. The summed E-state index contributed by atoms with van der Waals surface area (Å²) >= 11 is 1.87. The minimum absolute atomic E-state index is 0.118. The number of thioether (sulfide) groups is 1. The Morgan fingerprint density at radius 1 is 1.32 bits per heavy atom. The Bertz CT molecular complexity index is 347. The van der Waals surface area contributed by atoms with Crippen molar-refractivity contribution in [2.75, 3.05) is 5.75 Å². The second-order valence-corrected chi connectivity index (χ2v) is 6.82. The average Bonchev–Trinajstić information content (AvgIpc) is 3.10. The fraction of sp³-hybridized carbons (Fsp3) is 0.846. The largest absolute Gasteiger partial charge is 0.480 e. The van der Waals surface area contributed by atoms with E-state index in [9.17, 15) is 9.59 Å². The Labute approximate surface area is 117 Å². The van der Waals surface area contributed by atoms with Crippen molar-refractivity contribution in [3.63, 3.8) is 0 Å². The molecule has 5 nitrogen and oxygen atoms in total. The van der Waals surface area contributed by atoms with Crippen molar-refractivity contribution in [2.45, 2.75) is 56.4 Å². The molecule has 0 saturated heterocycles. The lowest BCUT2D eigenvalue weighted by Crippen LogP contribution is -2.51. The van der Waals surface area contributed by atoms with Crippen LogP contribution in [0.2, 0.25) is 0 Å². The molecule has 0 aromatic rings. The first kappa shape index (κ1) is 14.5. The van der Waals surface area contributed by atoms with Gasteiger partial charge in [-0.2, -0.15) is 11.8 Å². The number of nitrogens with one attached hydrogen (secondary N) is 2. The number of rotatable bonds is 6. The molecular weight excluding hydrogens is 264 g/mol. The van der Waals surface area contributed by atoms with Gasteiger partial charge in [-0.1, -0.05) is 13.3 Å². The number of carbonyl (C=O) groups excluding carboxylic acids is 1. The van der Waals surface area contributed by atoms with Gasteiger partial charge in [-0.05, 0) is 37.4 Å². The molecule has 3 unspecified atom stereocenters. The summed E-state index contributed by atoms with van der Waals surface area (Å²) in [6.07, 6.45) is 5.05. The number of aliphatic carboxylic acids is 1. The standard InChI is InChI=1S/C13H22N2O3S/c1-2-19-10-5-3-4-9(10)14-13(18)15-11(12(16)17)8-6-7-8/h8-11H,2-7H2,1H3,(H,16,17)(H2,14,15,18). The zero-order valence-corrected chi connectivity index (χ0v) is 12.0. The first-order valence-electron chi connectivity index (χ1n) is 7.03. The van der Waals surface area contributed by atoms with Gasteiger partial charge in [-0.3, -0.25) is 0 Å².